The molecule has 4 rings (SSSR count). The molecule has 1 N–H and O–H groups in total. The normalized spacial score (nSPS) is 19.5. The van der Waals surface area contributed by atoms with Crippen molar-refractivity contribution in [2.75, 3.05) is 11.5 Å². The molecule has 0 aromatic carbocycles. The molecule has 9 heteroatoms. The highest BCUT2D eigenvalue weighted by atomic mass is 32.2. The van der Waals surface area contributed by atoms with E-state index < -0.39 is 15.8 Å². The molecule has 0 unspecified atom stereocenters. The van der Waals surface area contributed by atoms with Gasteiger partial charge in [-0.3, -0.25) is 0 Å². The van der Waals surface area contributed by atoms with Crippen LogP contribution in [0.4, 0.5) is 0 Å². The fraction of sp³-hybridized carbons (Fsp3) is 0.312. The maximum absolute atomic E-state index is 11.8. The van der Waals surface area contributed by atoms with Gasteiger partial charge in [-0.1, -0.05) is 6.07 Å². The standard InChI is InChI=1S/C16H15N3O4S2/c1-9-14-11(16(20)21)7-12(13-3-2-5-24-13)17-15(14)19(18-9)10-4-6-25(22,23)8-10/h2-3,5,7,10H,4,6,8H2,1H3,(H,20,21)/t10-/m0/s1. The van der Waals surface area contributed by atoms with Gasteiger partial charge in [0.15, 0.2) is 15.5 Å². The molecule has 1 aliphatic heterocycles. The number of fused-ring (bicyclic) bond motifs is 1. The summed E-state index contributed by atoms with van der Waals surface area (Å²) in [6, 6.07) is 4.99. The zero-order valence-corrected chi connectivity index (χ0v) is 15.0. The Hall–Kier alpha value is -2.26. The number of carboxylic acids is 1. The SMILES string of the molecule is Cc1nn([C@H]2CCS(=O)(=O)C2)c2nc(-c3cccs3)cc(C(=O)O)c12. The van der Waals surface area contributed by atoms with Gasteiger partial charge in [-0.25, -0.2) is 22.9 Å². The number of aromatic carboxylic acids is 1. The van der Waals surface area contributed by atoms with Crippen molar-refractivity contribution in [3.63, 3.8) is 0 Å². The van der Waals surface area contributed by atoms with Gasteiger partial charge in [-0.05, 0) is 30.9 Å². The lowest BCUT2D eigenvalue weighted by molar-refractivity contribution is 0.0699. The van der Waals surface area contributed by atoms with Crippen LogP contribution >= 0.6 is 11.3 Å². The third-order valence-corrected chi connectivity index (χ3v) is 7.04. The molecule has 1 aliphatic rings. The van der Waals surface area contributed by atoms with Crippen LogP contribution in [0.25, 0.3) is 21.6 Å². The summed E-state index contributed by atoms with van der Waals surface area (Å²) < 4.78 is 25.3. The van der Waals surface area contributed by atoms with Crippen LogP contribution < -0.4 is 0 Å². The van der Waals surface area contributed by atoms with Crippen LogP contribution in [0.3, 0.4) is 0 Å². The third kappa shape index (κ3) is 2.73. The maximum atomic E-state index is 11.8. The van der Waals surface area contributed by atoms with Crippen molar-refractivity contribution in [1.29, 1.82) is 0 Å². The molecule has 0 saturated carbocycles. The van der Waals surface area contributed by atoms with Crippen LogP contribution in [0.2, 0.25) is 0 Å². The van der Waals surface area contributed by atoms with E-state index in [1.54, 1.807) is 17.7 Å². The summed E-state index contributed by atoms with van der Waals surface area (Å²) in [7, 11) is -3.09. The van der Waals surface area contributed by atoms with Gasteiger partial charge in [0.1, 0.15) is 0 Å². The number of nitrogens with zero attached hydrogens (tertiary/aromatic N) is 3. The van der Waals surface area contributed by atoms with Gasteiger partial charge in [0, 0.05) is 0 Å². The van der Waals surface area contributed by atoms with Crippen molar-refractivity contribution >= 4 is 38.2 Å². The summed E-state index contributed by atoms with van der Waals surface area (Å²) in [5.74, 6) is -0.919. The number of thiophene rings is 1. The predicted octanol–water partition coefficient (Wildman–Crippen LogP) is 2.53. The lowest BCUT2D eigenvalue weighted by Gasteiger charge is -2.10. The Morgan fingerprint density at radius 1 is 1.44 bits per heavy atom. The van der Waals surface area contributed by atoms with Gasteiger partial charge in [-0.2, -0.15) is 5.10 Å². The smallest absolute Gasteiger partial charge is 0.336 e. The largest absolute Gasteiger partial charge is 0.478 e. The van der Waals surface area contributed by atoms with Crippen molar-refractivity contribution < 1.29 is 18.3 Å². The van der Waals surface area contributed by atoms with Gasteiger partial charge >= 0.3 is 5.97 Å². The summed E-state index contributed by atoms with van der Waals surface area (Å²) in [5, 5.41) is 16.4. The van der Waals surface area contributed by atoms with Crippen LogP contribution in [0.5, 0.6) is 0 Å². The number of hydrogen-bond acceptors (Lipinski definition) is 6. The van der Waals surface area contributed by atoms with Gasteiger partial charge in [-0.15, -0.1) is 11.3 Å². The summed E-state index contributed by atoms with van der Waals surface area (Å²) >= 11 is 1.47. The molecule has 1 atom stereocenters. The van der Waals surface area contributed by atoms with E-state index in [-0.39, 0.29) is 23.1 Å². The maximum Gasteiger partial charge on any atom is 0.336 e. The second-order valence-electron chi connectivity index (χ2n) is 6.12. The fourth-order valence-electron chi connectivity index (χ4n) is 3.26. The quantitative estimate of drug-likeness (QED) is 0.752. The second kappa shape index (κ2) is 5.63. The van der Waals surface area contributed by atoms with Crippen LogP contribution in [0.1, 0.15) is 28.5 Å². The summed E-state index contributed by atoms with van der Waals surface area (Å²) in [4.78, 5) is 17.2. The number of aryl methyl sites for hydroxylation is 1. The first-order valence-corrected chi connectivity index (χ1v) is 10.4. The van der Waals surface area contributed by atoms with Crippen LogP contribution in [-0.2, 0) is 9.84 Å². The van der Waals surface area contributed by atoms with Crippen molar-refractivity contribution in [1.82, 2.24) is 14.8 Å². The molecule has 0 bridgehead atoms. The second-order valence-corrected chi connectivity index (χ2v) is 9.30. The highest BCUT2D eigenvalue weighted by Gasteiger charge is 2.32. The Morgan fingerprint density at radius 3 is 2.84 bits per heavy atom. The lowest BCUT2D eigenvalue weighted by Crippen LogP contribution is -2.13. The summed E-state index contributed by atoms with van der Waals surface area (Å²) in [6.45, 7) is 1.72. The molecule has 130 valence electrons. The molecule has 0 aliphatic carbocycles. The monoisotopic (exact) mass is 377 g/mol. The average molecular weight is 377 g/mol. The first kappa shape index (κ1) is 16.2. The van der Waals surface area contributed by atoms with Crippen molar-refractivity contribution in [2.24, 2.45) is 0 Å². The van der Waals surface area contributed by atoms with Gasteiger partial charge in [0.05, 0.1) is 44.8 Å². The van der Waals surface area contributed by atoms with E-state index in [0.717, 1.165) is 4.88 Å². The summed E-state index contributed by atoms with van der Waals surface area (Å²) in [5.41, 5.74) is 1.67. The van der Waals surface area contributed by atoms with Gasteiger partial charge in [0.25, 0.3) is 0 Å². The minimum Gasteiger partial charge on any atom is -0.478 e. The van der Waals surface area contributed by atoms with Crippen LogP contribution in [0.15, 0.2) is 23.6 Å². The van der Waals surface area contributed by atoms with E-state index in [1.165, 1.54) is 11.3 Å². The molecule has 0 amide bonds. The highest BCUT2D eigenvalue weighted by molar-refractivity contribution is 7.91. The first-order valence-electron chi connectivity index (χ1n) is 7.73. The van der Waals surface area contributed by atoms with Gasteiger partial charge in [0.2, 0.25) is 0 Å². The van der Waals surface area contributed by atoms with Crippen molar-refractivity contribution in [2.45, 2.75) is 19.4 Å². The van der Waals surface area contributed by atoms with E-state index in [9.17, 15) is 18.3 Å². The zero-order valence-electron chi connectivity index (χ0n) is 13.3. The van der Waals surface area contributed by atoms with E-state index in [0.29, 0.717) is 28.8 Å². The molecule has 7 nitrogen and oxygen atoms in total. The van der Waals surface area contributed by atoms with Crippen molar-refractivity contribution in [3.8, 4) is 10.6 Å². The Balaban J connectivity index is 1.98. The predicted molar refractivity (Wildman–Crippen MR) is 94.8 cm³/mol. The molecule has 4 heterocycles. The number of carboxylic acid groups (broad SMARTS) is 1. The van der Waals surface area contributed by atoms with E-state index in [4.69, 9.17) is 0 Å². The Bertz CT molecular complexity index is 1080. The molecular formula is C16H15N3O4S2. The Labute approximate surface area is 147 Å². The lowest BCUT2D eigenvalue weighted by atomic mass is 10.1. The zero-order chi connectivity index (χ0) is 17.8. The van der Waals surface area contributed by atoms with Crippen LogP contribution in [-0.4, -0.2) is 45.8 Å². The number of hydrogen-bond donors (Lipinski definition) is 1. The van der Waals surface area contributed by atoms with Gasteiger partial charge < -0.3 is 5.11 Å². The highest BCUT2D eigenvalue weighted by Crippen LogP contribution is 2.33. The third-order valence-electron chi connectivity index (χ3n) is 4.40. The molecule has 25 heavy (non-hydrogen) atoms. The number of carbonyl (C=O) groups is 1. The first-order chi connectivity index (χ1) is 11.9. The van der Waals surface area contributed by atoms with Crippen LogP contribution in [0, 0.1) is 6.92 Å². The van der Waals surface area contributed by atoms with Crippen molar-refractivity contribution in [3.05, 3.63) is 34.8 Å². The average Bonchev–Trinajstić information content (AvgIpc) is 3.26. The van der Waals surface area contributed by atoms with E-state index in [2.05, 4.69) is 10.1 Å². The topological polar surface area (TPSA) is 102 Å². The molecule has 0 spiro atoms. The van der Waals surface area contributed by atoms with E-state index >= 15 is 0 Å². The number of sulfone groups is 1. The Kier molecular flexibility index (Phi) is 3.66. The number of rotatable bonds is 3. The molecule has 3 aromatic heterocycles. The molecule has 3 aromatic rings. The number of aromatic nitrogens is 3. The Morgan fingerprint density at radius 2 is 2.24 bits per heavy atom. The molecule has 0 radical (unpaired) electrons. The minimum atomic E-state index is -3.09. The fourth-order valence-corrected chi connectivity index (χ4v) is 5.63. The molecule has 1 fully saturated rings. The summed E-state index contributed by atoms with van der Waals surface area (Å²) in [6.07, 6.45) is 0.464. The van der Waals surface area contributed by atoms with E-state index in [1.807, 2.05) is 17.5 Å². The minimum absolute atomic E-state index is 0.0105. The number of pyridine rings is 1. The molecular weight excluding hydrogens is 362 g/mol. The molecule has 1 saturated heterocycles.